The molecule has 2 heteroatoms. The normalized spacial score (nSPS) is 27.3. The summed E-state index contributed by atoms with van der Waals surface area (Å²) in [5, 5.41) is 0. The van der Waals surface area contributed by atoms with Crippen molar-refractivity contribution in [2.24, 2.45) is 11.7 Å². The third kappa shape index (κ3) is 2.90. The summed E-state index contributed by atoms with van der Waals surface area (Å²) in [5.74, 6) is 2.25. The molecule has 3 rings (SSSR count). The lowest BCUT2D eigenvalue weighted by Crippen LogP contribution is -2.36. The van der Waals surface area contributed by atoms with Crippen LogP contribution in [0.15, 0.2) is 53.1 Å². The van der Waals surface area contributed by atoms with Crippen LogP contribution in [0.1, 0.15) is 36.5 Å². The Morgan fingerprint density at radius 3 is 2.63 bits per heavy atom. The van der Waals surface area contributed by atoms with Crippen LogP contribution in [0.25, 0.3) is 0 Å². The first-order chi connectivity index (χ1) is 9.33. The Hall–Kier alpha value is -1.54. The molecule has 2 aromatic rings. The SMILES string of the molecule is NC1CCC(c2ccccc2)CC1Cc1ccco1. The van der Waals surface area contributed by atoms with E-state index in [1.807, 2.05) is 6.07 Å². The maximum absolute atomic E-state index is 6.29. The zero-order valence-electron chi connectivity index (χ0n) is 11.2. The van der Waals surface area contributed by atoms with Crippen molar-refractivity contribution in [1.82, 2.24) is 0 Å². The topological polar surface area (TPSA) is 39.2 Å². The van der Waals surface area contributed by atoms with E-state index in [2.05, 4.69) is 36.4 Å². The van der Waals surface area contributed by atoms with Gasteiger partial charge in [0.15, 0.2) is 0 Å². The monoisotopic (exact) mass is 255 g/mol. The molecule has 0 radical (unpaired) electrons. The molecule has 2 N–H and O–H groups in total. The van der Waals surface area contributed by atoms with Crippen LogP contribution in [-0.4, -0.2) is 6.04 Å². The van der Waals surface area contributed by atoms with Gasteiger partial charge in [0.1, 0.15) is 5.76 Å². The Morgan fingerprint density at radius 2 is 1.89 bits per heavy atom. The average Bonchev–Trinajstić information content (AvgIpc) is 2.95. The van der Waals surface area contributed by atoms with Crippen molar-refractivity contribution in [3.63, 3.8) is 0 Å². The van der Waals surface area contributed by atoms with E-state index in [1.54, 1.807) is 6.26 Å². The molecule has 3 unspecified atom stereocenters. The van der Waals surface area contributed by atoms with Gasteiger partial charge in [-0.1, -0.05) is 30.3 Å². The van der Waals surface area contributed by atoms with E-state index in [9.17, 15) is 0 Å². The first-order valence-corrected chi connectivity index (χ1v) is 7.16. The standard InChI is InChI=1S/C17H21NO/c18-17-9-8-14(13-5-2-1-3-6-13)11-15(17)12-16-7-4-10-19-16/h1-7,10,14-15,17H,8-9,11-12,18H2. The highest BCUT2D eigenvalue weighted by Gasteiger charge is 2.29. The summed E-state index contributed by atoms with van der Waals surface area (Å²) in [6.07, 6.45) is 6.21. The number of furan rings is 1. The molecular formula is C17H21NO. The molecule has 2 nitrogen and oxygen atoms in total. The molecule has 1 saturated carbocycles. The summed E-state index contributed by atoms with van der Waals surface area (Å²) in [5.41, 5.74) is 7.75. The second-order valence-corrected chi connectivity index (χ2v) is 5.63. The third-order valence-corrected chi connectivity index (χ3v) is 4.36. The molecule has 0 saturated heterocycles. The maximum atomic E-state index is 6.29. The van der Waals surface area contributed by atoms with Gasteiger partial charge in [-0.15, -0.1) is 0 Å². The third-order valence-electron chi connectivity index (χ3n) is 4.36. The van der Waals surface area contributed by atoms with Crippen LogP contribution in [0.4, 0.5) is 0 Å². The minimum absolute atomic E-state index is 0.310. The van der Waals surface area contributed by atoms with Crippen LogP contribution in [-0.2, 0) is 6.42 Å². The summed E-state index contributed by atoms with van der Waals surface area (Å²) in [7, 11) is 0. The lowest BCUT2D eigenvalue weighted by atomic mass is 9.74. The van der Waals surface area contributed by atoms with E-state index in [1.165, 1.54) is 18.4 Å². The van der Waals surface area contributed by atoms with Gasteiger partial charge in [0.25, 0.3) is 0 Å². The summed E-state index contributed by atoms with van der Waals surface area (Å²) in [6, 6.07) is 15.1. The molecule has 1 fully saturated rings. The molecule has 1 heterocycles. The minimum Gasteiger partial charge on any atom is -0.469 e. The fourth-order valence-corrected chi connectivity index (χ4v) is 3.24. The van der Waals surface area contributed by atoms with Crippen molar-refractivity contribution in [2.45, 2.75) is 37.6 Å². The molecule has 0 amide bonds. The summed E-state index contributed by atoms with van der Waals surface area (Å²) in [6.45, 7) is 0. The van der Waals surface area contributed by atoms with Crippen LogP contribution in [0, 0.1) is 5.92 Å². The molecule has 19 heavy (non-hydrogen) atoms. The van der Waals surface area contributed by atoms with Gasteiger partial charge in [0, 0.05) is 12.5 Å². The highest BCUT2D eigenvalue weighted by Crippen LogP contribution is 2.37. The van der Waals surface area contributed by atoms with Gasteiger partial charge in [-0.3, -0.25) is 0 Å². The predicted octanol–water partition coefficient (Wildman–Crippen LogP) is 3.73. The van der Waals surface area contributed by atoms with Gasteiger partial charge >= 0.3 is 0 Å². The van der Waals surface area contributed by atoms with Crippen molar-refractivity contribution >= 4 is 0 Å². The largest absolute Gasteiger partial charge is 0.469 e. The lowest BCUT2D eigenvalue weighted by Gasteiger charge is -2.34. The first-order valence-electron chi connectivity index (χ1n) is 7.16. The fourth-order valence-electron chi connectivity index (χ4n) is 3.24. The summed E-state index contributed by atoms with van der Waals surface area (Å²) < 4.78 is 5.47. The Balaban J connectivity index is 1.70. The van der Waals surface area contributed by atoms with Crippen molar-refractivity contribution < 1.29 is 4.42 Å². The van der Waals surface area contributed by atoms with E-state index >= 15 is 0 Å². The predicted molar refractivity (Wildman–Crippen MR) is 76.9 cm³/mol. The Kier molecular flexibility index (Phi) is 3.69. The van der Waals surface area contributed by atoms with Crippen LogP contribution in [0.5, 0.6) is 0 Å². The summed E-state index contributed by atoms with van der Waals surface area (Å²) in [4.78, 5) is 0. The second kappa shape index (κ2) is 5.62. The van der Waals surface area contributed by atoms with Gasteiger partial charge < -0.3 is 10.2 Å². The fraction of sp³-hybridized carbons (Fsp3) is 0.412. The number of nitrogens with two attached hydrogens (primary N) is 1. The molecule has 1 aromatic heterocycles. The highest BCUT2D eigenvalue weighted by atomic mass is 16.3. The Bertz CT molecular complexity index is 491. The molecule has 1 aromatic carbocycles. The smallest absolute Gasteiger partial charge is 0.104 e. The number of benzene rings is 1. The van der Waals surface area contributed by atoms with Crippen LogP contribution >= 0.6 is 0 Å². The zero-order valence-corrected chi connectivity index (χ0v) is 11.2. The van der Waals surface area contributed by atoms with Crippen LogP contribution in [0.3, 0.4) is 0 Å². The van der Waals surface area contributed by atoms with E-state index < -0.39 is 0 Å². The van der Waals surface area contributed by atoms with Gasteiger partial charge in [0.2, 0.25) is 0 Å². The van der Waals surface area contributed by atoms with E-state index in [4.69, 9.17) is 10.2 Å². The summed E-state index contributed by atoms with van der Waals surface area (Å²) >= 11 is 0. The van der Waals surface area contributed by atoms with E-state index in [-0.39, 0.29) is 0 Å². The minimum atomic E-state index is 0.310. The lowest BCUT2D eigenvalue weighted by molar-refractivity contribution is 0.265. The average molecular weight is 255 g/mol. The molecule has 1 aliphatic carbocycles. The van der Waals surface area contributed by atoms with Crippen LogP contribution in [0.2, 0.25) is 0 Å². The number of hydrogen-bond acceptors (Lipinski definition) is 2. The number of rotatable bonds is 3. The Morgan fingerprint density at radius 1 is 1.05 bits per heavy atom. The zero-order chi connectivity index (χ0) is 13.1. The van der Waals surface area contributed by atoms with Crippen molar-refractivity contribution in [1.29, 1.82) is 0 Å². The molecule has 100 valence electrons. The molecular weight excluding hydrogens is 234 g/mol. The molecule has 0 bridgehead atoms. The molecule has 0 aliphatic heterocycles. The van der Waals surface area contributed by atoms with E-state index in [0.29, 0.717) is 17.9 Å². The van der Waals surface area contributed by atoms with Gasteiger partial charge in [-0.25, -0.2) is 0 Å². The first kappa shape index (κ1) is 12.5. The Labute approximate surface area is 114 Å². The van der Waals surface area contributed by atoms with Crippen molar-refractivity contribution in [2.75, 3.05) is 0 Å². The van der Waals surface area contributed by atoms with Gasteiger partial charge in [-0.05, 0) is 48.8 Å². The van der Waals surface area contributed by atoms with Crippen molar-refractivity contribution in [3.8, 4) is 0 Å². The van der Waals surface area contributed by atoms with Crippen molar-refractivity contribution in [3.05, 3.63) is 60.1 Å². The van der Waals surface area contributed by atoms with E-state index in [0.717, 1.165) is 18.6 Å². The second-order valence-electron chi connectivity index (χ2n) is 5.63. The molecule has 1 aliphatic rings. The van der Waals surface area contributed by atoms with Crippen LogP contribution < -0.4 is 5.73 Å². The highest BCUT2D eigenvalue weighted by molar-refractivity contribution is 5.20. The van der Waals surface area contributed by atoms with Gasteiger partial charge in [-0.2, -0.15) is 0 Å². The molecule has 3 atom stereocenters. The maximum Gasteiger partial charge on any atom is 0.104 e. The molecule has 0 spiro atoms. The van der Waals surface area contributed by atoms with Gasteiger partial charge in [0.05, 0.1) is 6.26 Å². The number of hydrogen-bond donors (Lipinski definition) is 1. The quantitative estimate of drug-likeness (QED) is 0.907.